The molecule has 0 fully saturated rings. The highest BCUT2D eigenvalue weighted by Crippen LogP contribution is 2.32. The summed E-state index contributed by atoms with van der Waals surface area (Å²) in [4.78, 5) is 1.26. The molecule has 0 spiro atoms. The number of hydrogen-bond donors (Lipinski definition) is 1. The third-order valence-electron chi connectivity index (χ3n) is 3.15. The number of hydrogen-bond acceptors (Lipinski definition) is 3. The molecular formula is C15H19Br2N3S. The summed E-state index contributed by atoms with van der Waals surface area (Å²) in [7, 11) is 1.99. The molecular weight excluding hydrogens is 414 g/mol. The van der Waals surface area contributed by atoms with E-state index in [1.165, 1.54) is 10.6 Å². The zero-order chi connectivity index (χ0) is 15.2. The van der Waals surface area contributed by atoms with Gasteiger partial charge in [-0.1, -0.05) is 19.1 Å². The van der Waals surface area contributed by atoms with Crippen molar-refractivity contribution in [3.63, 3.8) is 0 Å². The molecule has 0 radical (unpaired) electrons. The summed E-state index contributed by atoms with van der Waals surface area (Å²) in [5.74, 6) is 0.959. The second-order valence-electron chi connectivity index (χ2n) is 4.75. The molecule has 1 atom stereocenters. The molecule has 1 N–H and O–H groups in total. The third-order valence-corrected chi connectivity index (χ3v) is 5.88. The van der Waals surface area contributed by atoms with Crippen molar-refractivity contribution < 1.29 is 0 Å². The molecule has 0 saturated carbocycles. The van der Waals surface area contributed by atoms with Crippen LogP contribution >= 0.6 is 43.6 Å². The third kappa shape index (κ3) is 4.58. The molecule has 0 bridgehead atoms. The second-order valence-corrected chi connectivity index (χ2v) is 7.52. The van der Waals surface area contributed by atoms with E-state index >= 15 is 0 Å². The first-order valence-corrected chi connectivity index (χ1v) is 9.48. The smallest absolute Gasteiger partial charge is 0.0700 e. The predicted octanol–water partition coefficient (Wildman–Crippen LogP) is 4.78. The van der Waals surface area contributed by atoms with E-state index in [0.717, 1.165) is 27.7 Å². The average Bonchev–Trinajstić information content (AvgIpc) is 2.81. The number of aryl methyl sites for hydroxylation is 1. The Morgan fingerprint density at radius 3 is 2.67 bits per heavy atom. The highest BCUT2D eigenvalue weighted by molar-refractivity contribution is 9.10. The zero-order valence-electron chi connectivity index (χ0n) is 12.1. The second kappa shape index (κ2) is 8.36. The van der Waals surface area contributed by atoms with Gasteiger partial charge in [0.25, 0.3) is 0 Å². The van der Waals surface area contributed by atoms with Crippen molar-refractivity contribution in [3.8, 4) is 0 Å². The molecule has 0 aliphatic rings. The molecule has 0 amide bonds. The number of nitrogens with one attached hydrogen (secondary N) is 1. The molecule has 1 aromatic heterocycles. The molecule has 114 valence electrons. The summed E-state index contributed by atoms with van der Waals surface area (Å²) < 4.78 is 4.15. The first-order chi connectivity index (χ1) is 10.1. The highest BCUT2D eigenvalue weighted by Gasteiger charge is 2.19. The molecule has 1 aromatic carbocycles. The van der Waals surface area contributed by atoms with Crippen molar-refractivity contribution in [2.75, 3.05) is 12.3 Å². The van der Waals surface area contributed by atoms with Crippen LogP contribution in [0.5, 0.6) is 0 Å². The van der Waals surface area contributed by atoms with Crippen LogP contribution in [-0.2, 0) is 7.05 Å². The molecule has 21 heavy (non-hydrogen) atoms. The molecule has 2 rings (SSSR count). The van der Waals surface area contributed by atoms with Gasteiger partial charge in [-0.25, -0.2) is 0 Å². The van der Waals surface area contributed by atoms with Gasteiger partial charge in [0, 0.05) is 22.2 Å². The fraction of sp³-hybridized carbons (Fsp3) is 0.400. The van der Waals surface area contributed by atoms with E-state index in [1.54, 1.807) is 0 Å². The van der Waals surface area contributed by atoms with Gasteiger partial charge in [-0.05, 0) is 57.0 Å². The Labute approximate surface area is 147 Å². The maximum atomic E-state index is 4.33. The van der Waals surface area contributed by atoms with E-state index in [1.807, 2.05) is 35.8 Å². The van der Waals surface area contributed by atoms with Crippen LogP contribution in [0.2, 0.25) is 0 Å². The minimum absolute atomic E-state index is 0.268. The maximum Gasteiger partial charge on any atom is 0.0700 e. The van der Waals surface area contributed by atoms with Crippen LogP contribution in [0.3, 0.4) is 0 Å². The number of rotatable bonds is 7. The lowest BCUT2D eigenvalue weighted by molar-refractivity contribution is 0.533. The highest BCUT2D eigenvalue weighted by atomic mass is 79.9. The number of aromatic nitrogens is 2. The number of halogens is 2. The van der Waals surface area contributed by atoms with Gasteiger partial charge in [-0.3, -0.25) is 4.68 Å². The van der Waals surface area contributed by atoms with Crippen molar-refractivity contribution >= 4 is 43.6 Å². The van der Waals surface area contributed by atoms with Gasteiger partial charge in [0.05, 0.1) is 22.4 Å². The van der Waals surface area contributed by atoms with E-state index in [-0.39, 0.29) is 6.04 Å². The van der Waals surface area contributed by atoms with Crippen molar-refractivity contribution in [2.45, 2.75) is 24.3 Å². The first-order valence-electron chi connectivity index (χ1n) is 6.91. The number of benzene rings is 1. The molecule has 1 unspecified atom stereocenters. The minimum Gasteiger partial charge on any atom is -0.308 e. The van der Waals surface area contributed by atoms with Crippen LogP contribution in [-0.4, -0.2) is 22.1 Å². The van der Waals surface area contributed by atoms with E-state index in [9.17, 15) is 0 Å². The van der Waals surface area contributed by atoms with Crippen molar-refractivity contribution in [2.24, 2.45) is 7.05 Å². The molecule has 6 heteroatoms. The van der Waals surface area contributed by atoms with Crippen molar-refractivity contribution in [3.05, 3.63) is 45.1 Å². The summed E-state index contributed by atoms with van der Waals surface area (Å²) in [6.07, 6.45) is 2.98. The van der Waals surface area contributed by atoms with Gasteiger partial charge in [0.15, 0.2) is 0 Å². The summed E-state index contributed by atoms with van der Waals surface area (Å²) in [6, 6.07) is 8.60. The topological polar surface area (TPSA) is 29.9 Å². The molecule has 3 nitrogen and oxygen atoms in total. The Kier molecular flexibility index (Phi) is 6.79. The summed E-state index contributed by atoms with van der Waals surface area (Å²) in [6.45, 7) is 3.18. The molecule has 0 aliphatic heterocycles. The molecule has 1 heterocycles. The monoisotopic (exact) mass is 431 g/mol. The van der Waals surface area contributed by atoms with E-state index in [0.29, 0.717) is 0 Å². The van der Waals surface area contributed by atoms with Gasteiger partial charge < -0.3 is 5.32 Å². The lowest BCUT2D eigenvalue weighted by Crippen LogP contribution is -2.26. The van der Waals surface area contributed by atoms with Gasteiger partial charge in [0.1, 0.15) is 0 Å². The standard InChI is InChI=1S/C15H19Br2N3S/c1-3-8-18-13(15-12(17)9-19-20(15)2)10-21-14-7-5-4-6-11(14)16/h4-7,9,13,18H,3,8,10H2,1-2H3. The fourth-order valence-electron chi connectivity index (χ4n) is 2.10. The molecule has 2 aromatic rings. The van der Waals surface area contributed by atoms with Crippen LogP contribution in [0.4, 0.5) is 0 Å². The summed E-state index contributed by atoms with van der Waals surface area (Å²) >= 11 is 9.07. The Bertz CT molecular complexity index is 567. The number of thioether (sulfide) groups is 1. The SMILES string of the molecule is CCCNC(CSc1ccccc1Br)c1c(Br)cnn1C. The molecule has 0 saturated heterocycles. The summed E-state index contributed by atoms with van der Waals surface area (Å²) in [5, 5.41) is 7.95. The van der Waals surface area contributed by atoms with Crippen LogP contribution < -0.4 is 5.32 Å². The van der Waals surface area contributed by atoms with Crippen molar-refractivity contribution in [1.82, 2.24) is 15.1 Å². The average molecular weight is 433 g/mol. The fourth-order valence-corrected chi connectivity index (χ4v) is 4.36. The maximum absolute atomic E-state index is 4.33. The lowest BCUT2D eigenvalue weighted by Gasteiger charge is -2.19. The van der Waals surface area contributed by atoms with Crippen molar-refractivity contribution in [1.29, 1.82) is 0 Å². The van der Waals surface area contributed by atoms with Gasteiger partial charge in [-0.2, -0.15) is 5.10 Å². The lowest BCUT2D eigenvalue weighted by atomic mass is 10.2. The summed E-state index contributed by atoms with van der Waals surface area (Å²) in [5.41, 5.74) is 1.20. The first kappa shape index (κ1) is 17.1. The van der Waals surface area contributed by atoms with Crippen LogP contribution in [0.1, 0.15) is 25.1 Å². The van der Waals surface area contributed by atoms with E-state index < -0.39 is 0 Å². The Morgan fingerprint density at radius 1 is 1.29 bits per heavy atom. The van der Waals surface area contributed by atoms with Crippen LogP contribution in [0, 0.1) is 0 Å². The zero-order valence-corrected chi connectivity index (χ0v) is 16.1. The van der Waals surface area contributed by atoms with Crippen LogP contribution in [0.15, 0.2) is 44.3 Å². The Balaban J connectivity index is 2.12. The Morgan fingerprint density at radius 2 is 2.05 bits per heavy atom. The number of nitrogens with zero attached hydrogens (tertiary/aromatic N) is 2. The minimum atomic E-state index is 0.268. The van der Waals surface area contributed by atoms with E-state index in [4.69, 9.17) is 0 Å². The quantitative estimate of drug-likeness (QED) is 0.638. The van der Waals surface area contributed by atoms with Gasteiger partial charge in [-0.15, -0.1) is 11.8 Å². The normalized spacial score (nSPS) is 12.6. The van der Waals surface area contributed by atoms with E-state index in [2.05, 4.69) is 67.4 Å². The largest absolute Gasteiger partial charge is 0.308 e. The van der Waals surface area contributed by atoms with Gasteiger partial charge >= 0.3 is 0 Å². The molecule has 0 aliphatic carbocycles. The van der Waals surface area contributed by atoms with Crippen LogP contribution in [0.25, 0.3) is 0 Å². The Hall–Kier alpha value is -0.300. The van der Waals surface area contributed by atoms with Gasteiger partial charge in [0.2, 0.25) is 0 Å². The predicted molar refractivity (Wildman–Crippen MR) is 96.8 cm³/mol.